The van der Waals surface area contributed by atoms with E-state index < -0.39 is 24.3 Å². The number of nitrogens with two attached hydrogens (primary N) is 1. The Balaban J connectivity index is 4.40. The number of halogens is 2. The van der Waals surface area contributed by atoms with Gasteiger partial charge in [-0.2, -0.15) is 0 Å². The number of carbonyl (C=O) groups is 1. The van der Waals surface area contributed by atoms with Crippen LogP contribution in [-0.2, 0) is 4.79 Å². The summed E-state index contributed by atoms with van der Waals surface area (Å²) in [6, 6.07) is 0. The van der Waals surface area contributed by atoms with Gasteiger partial charge in [0.25, 0.3) is 6.43 Å². The van der Waals surface area contributed by atoms with Crippen LogP contribution in [0.25, 0.3) is 0 Å². The maximum atomic E-state index is 11.8. The van der Waals surface area contributed by atoms with Crippen molar-refractivity contribution in [2.45, 2.75) is 26.7 Å². The van der Waals surface area contributed by atoms with Gasteiger partial charge in [0.05, 0.1) is 16.9 Å². The van der Waals surface area contributed by atoms with Crippen molar-refractivity contribution in [2.75, 3.05) is 6.54 Å². The van der Waals surface area contributed by atoms with Gasteiger partial charge < -0.3 is 11.1 Å². The van der Waals surface area contributed by atoms with Crippen molar-refractivity contribution in [1.29, 1.82) is 0 Å². The molecule has 14 heavy (non-hydrogen) atoms. The second-order valence-electron chi connectivity index (χ2n) is 3.15. The molecule has 6 heteroatoms. The molecule has 0 saturated heterocycles. The molecule has 0 spiro atoms. The molecule has 0 heterocycles. The van der Waals surface area contributed by atoms with Gasteiger partial charge in [0.1, 0.15) is 0 Å². The van der Waals surface area contributed by atoms with E-state index in [4.69, 9.17) is 18.0 Å². The summed E-state index contributed by atoms with van der Waals surface area (Å²) in [6.07, 6.45) is -2.18. The zero-order chi connectivity index (χ0) is 11.4. The molecule has 0 aliphatic carbocycles. The molecule has 0 aromatic heterocycles. The maximum absolute atomic E-state index is 11.8. The van der Waals surface area contributed by atoms with Crippen LogP contribution >= 0.6 is 12.2 Å². The Morgan fingerprint density at radius 3 is 2.43 bits per heavy atom. The molecule has 1 amide bonds. The second-order valence-corrected chi connectivity index (χ2v) is 3.59. The molecule has 0 aromatic carbocycles. The average Bonchev–Trinajstić information content (AvgIpc) is 2.12. The molecule has 0 saturated carbocycles. The van der Waals surface area contributed by atoms with E-state index >= 15 is 0 Å². The van der Waals surface area contributed by atoms with Crippen LogP contribution in [0.5, 0.6) is 0 Å². The number of rotatable bonds is 5. The Bertz CT molecular complexity index is 235. The van der Waals surface area contributed by atoms with Crippen LogP contribution in [-0.4, -0.2) is 23.9 Å². The van der Waals surface area contributed by atoms with Gasteiger partial charge in [-0.3, -0.25) is 4.79 Å². The van der Waals surface area contributed by atoms with E-state index in [2.05, 4.69) is 5.32 Å². The molecule has 82 valence electrons. The van der Waals surface area contributed by atoms with Crippen LogP contribution in [0.2, 0.25) is 0 Å². The number of alkyl halides is 2. The first-order valence-corrected chi connectivity index (χ1v) is 4.61. The molecule has 1 unspecified atom stereocenters. The third-order valence-electron chi connectivity index (χ3n) is 2.17. The second kappa shape index (κ2) is 5.19. The van der Waals surface area contributed by atoms with Gasteiger partial charge in [0.2, 0.25) is 5.91 Å². The van der Waals surface area contributed by atoms with Crippen molar-refractivity contribution in [3.63, 3.8) is 0 Å². The molecule has 3 nitrogen and oxygen atoms in total. The molecular weight excluding hydrogens is 210 g/mol. The third kappa shape index (κ3) is 3.17. The highest BCUT2D eigenvalue weighted by Gasteiger charge is 2.34. The Labute approximate surface area is 87.0 Å². The summed E-state index contributed by atoms with van der Waals surface area (Å²) in [5.74, 6) is -0.548. The molecular formula is C8H14F2N2OS. The summed E-state index contributed by atoms with van der Waals surface area (Å²) < 4.78 is 23.6. The van der Waals surface area contributed by atoms with Crippen LogP contribution in [0.4, 0.5) is 8.78 Å². The number of hydrogen-bond acceptors (Lipinski definition) is 2. The van der Waals surface area contributed by atoms with E-state index in [1.165, 1.54) is 6.92 Å². The maximum Gasteiger partial charge on any atom is 0.255 e. The van der Waals surface area contributed by atoms with Gasteiger partial charge in [0.15, 0.2) is 0 Å². The highest BCUT2D eigenvalue weighted by molar-refractivity contribution is 7.80. The van der Waals surface area contributed by atoms with Gasteiger partial charge in [-0.15, -0.1) is 0 Å². The van der Waals surface area contributed by atoms with Crippen LogP contribution in [0, 0.1) is 5.41 Å². The molecule has 0 bridgehead atoms. The van der Waals surface area contributed by atoms with E-state index in [1.54, 1.807) is 6.92 Å². The summed E-state index contributed by atoms with van der Waals surface area (Å²) in [6.45, 7) is 2.59. The molecule has 0 aromatic rings. The first-order chi connectivity index (χ1) is 6.34. The average molecular weight is 224 g/mol. The van der Waals surface area contributed by atoms with Crippen LogP contribution < -0.4 is 11.1 Å². The summed E-state index contributed by atoms with van der Waals surface area (Å²) in [4.78, 5) is 11.5. The minimum absolute atomic E-state index is 0.0202. The van der Waals surface area contributed by atoms with E-state index in [-0.39, 0.29) is 4.99 Å². The van der Waals surface area contributed by atoms with Crippen molar-refractivity contribution >= 4 is 23.1 Å². The van der Waals surface area contributed by atoms with Crippen molar-refractivity contribution in [1.82, 2.24) is 5.32 Å². The molecule has 0 rings (SSSR count). The Kier molecular flexibility index (Phi) is 4.90. The fraction of sp³-hybridized carbons (Fsp3) is 0.750. The Hall–Kier alpha value is -0.780. The monoisotopic (exact) mass is 224 g/mol. The van der Waals surface area contributed by atoms with Crippen molar-refractivity contribution < 1.29 is 13.6 Å². The summed E-state index contributed by atoms with van der Waals surface area (Å²) in [5.41, 5.74) is 4.33. The van der Waals surface area contributed by atoms with Crippen LogP contribution in [0.15, 0.2) is 0 Å². The molecule has 0 radical (unpaired) electrons. The number of thiocarbonyl (C=S) groups is 1. The summed E-state index contributed by atoms with van der Waals surface area (Å²) in [7, 11) is 0. The molecule has 0 aliphatic rings. The van der Waals surface area contributed by atoms with Gasteiger partial charge in [-0.25, -0.2) is 8.78 Å². The highest BCUT2D eigenvalue weighted by atomic mass is 32.1. The zero-order valence-electron chi connectivity index (χ0n) is 8.14. The normalized spacial score (nSPS) is 14.9. The number of nitrogens with one attached hydrogen (secondary N) is 1. The Morgan fingerprint density at radius 2 is 2.14 bits per heavy atom. The first-order valence-electron chi connectivity index (χ1n) is 4.21. The van der Waals surface area contributed by atoms with Gasteiger partial charge in [-0.1, -0.05) is 19.1 Å². The van der Waals surface area contributed by atoms with Crippen molar-refractivity contribution in [3.05, 3.63) is 0 Å². The highest BCUT2D eigenvalue weighted by Crippen LogP contribution is 2.21. The largest absolute Gasteiger partial charge is 0.392 e. The summed E-state index contributed by atoms with van der Waals surface area (Å²) in [5, 5.41) is 2.10. The smallest absolute Gasteiger partial charge is 0.255 e. The predicted molar refractivity (Wildman–Crippen MR) is 54.2 cm³/mol. The van der Waals surface area contributed by atoms with E-state index in [0.717, 1.165) is 0 Å². The SMILES string of the molecule is CCC(C)(C(=O)NCC(F)F)C(N)=S. The van der Waals surface area contributed by atoms with E-state index in [1.807, 2.05) is 0 Å². The number of hydrogen-bond donors (Lipinski definition) is 2. The standard InChI is InChI=1S/C8H14F2N2OS/c1-3-8(2,6(11)14)7(13)12-4-5(9)10/h5H,3-4H2,1-2H3,(H2,11,14)(H,12,13). The first kappa shape index (κ1) is 13.2. The third-order valence-corrected chi connectivity index (χ3v) is 2.62. The lowest BCUT2D eigenvalue weighted by molar-refractivity contribution is -0.127. The fourth-order valence-corrected chi connectivity index (χ4v) is 1.05. The zero-order valence-corrected chi connectivity index (χ0v) is 8.96. The lowest BCUT2D eigenvalue weighted by Crippen LogP contribution is -2.47. The van der Waals surface area contributed by atoms with Gasteiger partial charge in [0, 0.05) is 0 Å². The molecule has 0 fully saturated rings. The summed E-state index contributed by atoms with van der Waals surface area (Å²) >= 11 is 4.72. The molecule has 3 N–H and O–H groups in total. The van der Waals surface area contributed by atoms with Crippen LogP contribution in [0.1, 0.15) is 20.3 Å². The van der Waals surface area contributed by atoms with Crippen LogP contribution in [0.3, 0.4) is 0 Å². The number of carbonyl (C=O) groups excluding carboxylic acids is 1. The van der Waals surface area contributed by atoms with E-state index in [0.29, 0.717) is 6.42 Å². The lowest BCUT2D eigenvalue weighted by atomic mass is 9.86. The lowest BCUT2D eigenvalue weighted by Gasteiger charge is -2.25. The minimum atomic E-state index is -2.56. The quantitative estimate of drug-likeness (QED) is 0.687. The van der Waals surface area contributed by atoms with Crippen molar-refractivity contribution in [2.24, 2.45) is 11.1 Å². The Morgan fingerprint density at radius 1 is 1.64 bits per heavy atom. The number of amides is 1. The van der Waals surface area contributed by atoms with Gasteiger partial charge in [-0.05, 0) is 13.3 Å². The topological polar surface area (TPSA) is 55.1 Å². The molecule has 1 atom stereocenters. The fourth-order valence-electron chi connectivity index (χ4n) is 0.812. The van der Waals surface area contributed by atoms with E-state index in [9.17, 15) is 13.6 Å². The molecule has 0 aliphatic heterocycles. The minimum Gasteiger partial charge on any atom is -0.392 e. The predicted octanol–water partition coefficient (Wildman–Crippen LogP) is 1.07. The van der Waals surface area contributed by atoms with Crippen molar-refractivity contribution in [3.8, 4) is 0 Å². The van der Waals surface area contributed by atoms with Gasteiger partial charge >= 0.3 is 0 Å².